The zero-order valence-corrected chi connectivity index (χ0v) is 15.2. The minimum absolute atomic E-state index is 0.231. The van der Waals surface area contributed by atoms with Gasteiger partial charge in [0.15, 0.2) is 6.61 Å². The van der Waals surface area contributed by atoms with Gasteiger partial charge in [0.2, 0.25) is 5.78 Å². The summed E-state index contributed by atoms with van der Waals surface area (Å²) in [4.78, 5) is 51.0. The van der Waals surface area contributed by atoms with Gasteiger partial charge in [0.25, 0.3) is 5.56 Å². The van der Waals surface area contributed by atoms with Gasteiger partial charge in [-0.2, -0.15) is 0 Å². The predicted molar refractivity (Wildman–Crippen MR) is 98.9 cm³/mol. The van der Waals surface area contributed by atoms with E-state index in [0.717, 1.165) is 9.46 Å². The molecular weight excluding hydrogens is 358 g/mol. The third kappa shape index (κ3) is 4.23. The fraction of sp³-hybridized carbons (Fsp3) is 0.294. The highest BCUT2D eigenvalue weighted by Crippen LogP contribution is 2.15. The minimum Gasteiger partial charge on any atom is -0.454 e. The lowest BCUT2D eigenvalue weighted by molar-refractivity contribution is 0.0474. The Balaban J connectivity index is 2.17. The second kappa shape index (κ2) is 8.52. The van der Waals surface area contributed by atoms with Gasteiger partial charge in [0.05, 0.1) is 5.56 Å². The van der Waals surface area contributed by atoms with Crippen LogP contribution < -0.4 is 17.0 Å². The third-order valence-corrected chi connectivity index (χ3v) is 4.37. The van der Waals surface area contributed by atoms with E-state index in [9.17, 15) is 19.2 Å². The first-order valence-electron chi connectivity index (χ1n) is 7.86. The van der Waals surface area contributed by atoms with Crippen LogP contribution in [-0.2, 0) is 11.3 Å². The zero-order valence-electron chi connectivity index (χ0n) is 14.4. The van der Waals surface area contributed by atoms with E-state index in [1.54, 1.807) is 24.3 Å². The number of nitrogen functional groups attached to an aromatic ring is 1. The number of thioether (sulfide) groups is 1. The molecule has 0 saturated heterocycles. The molecule has 0 unspecified atom stereocenters. The maximum Gasteiger partial charge on any atom is 0.338 e. The van der Waals surface area contributed by atoms with Crippen molar-refractivity contribution in [1.82, 2.24) is 9.55 Å². The third-order valence-electron chi connectivity index (χ3n) is 3.63. The zero-order chi connectivity index (χ0) is 19.3. The lowest BCUT2D eigenvalue weighted by atomic mass is 10.2. The van der Waals surface area contributed by atoms with Crippen molar-refractivity contribution in [2.24, 2.45) is 0 Å². The van der Waals surface area contributed by atoms with Crippen molar-refractivity contribution in [1.29, 1.82) is 0 Å². The first-order valence-corrected chi connectivity index (χ1v) is 9.08. The molecule has 0 saturated carbocycles. The van der Waals surface area contributed by atoms with Gasteiger partial charge in [-0.05, 0) is 36.9 Å². The summed E-state index contributed by atoms with van der Waals surface area (Å²) in [6.07, 6.45) is 2.50. The van der Waals surface area contributed by atoms with Crippen molar-refractivity contribution in [3.05, 3.63) is 56.2 Å². The second-order valence-electron chi connectivity index (χ2n) is 5.40. The van der Waals surface area contributed by atoms with Crippen LogP contribution in [0, 0.1) is 0 Å². The topological polar surface area (TPSA) is 124 Å². The number of rotatable bonds is 7. The van der Waals surface area contributed by atoms with Crippen LogP contribution in [-0.4, -0.2) is 34.2 Å². The van der Waals surface area contributed by atoms with Gasteiger partial charge in [-0.1, -0.05) is 6.92 Å². The van der Waals surface area contributed by atoms with E-state index in [1.807, 2.05) is 13.2 Å². The number of anilines is 1. The van der Waals surface area contributed by atoms with E-state index in [2.05, 4.69) is 4.98 Å². The van der Waals surface area contributed by atoms with Crippen molar-refractivity contribution in [2.75, 3.05) is 18.6 Å². The van der Waals surface area contributed by atoms with Crippen LogP contribution >= 0.6 is 11.8 Å². The molecule has 8 nitrogen and oxygen atoms in total. The average Bonchev–Trinajstić information content (AvgIpc) is 2.63. The Morgan fingerprint density at radius 1 is 1.23 bits per heavy atom. The lowest BCUT2D eigenvalue weighted by Gasteiger charge is -2.11. The van der Waals surface area contributed by atoms with E-state index in [4.69, 9.17) is 10.5 Å². The van der Waals surface area contributed by atoms with Crippen molar-refractivity contribution >= 4 is 29.3 Å². The number of carbonyl (C=O) groups is 2. The minimum atomic E-state index is -0.898. The highest BCUT2D eigenvalue weighted by atomic mass is 32.2. The number of carbonyl (C=O) groups excluding carboxylic acids is 2. The molecule has 1 aromatic carbocycles. The quantitative estimate of drug-likeness (QED) is 0.423. The molecule has 0 radical (unpaired) electrons. The molecule has 9 heteroatoms. The first-order chi connectivity index (χ1) is 12.4. The number of hydrogen-bond donors (Lipinski definition) is 2. The monoisotopic (exact) mass is 377 g/mol. The summed E-state index contributed by atoms with van der Waals surface area (Å²) < 4.78 is 6.08. The lowest BCUT2D eigenvalue weighted by Crippen LogP contribution is -2.37. The smallest absolute Gasteiger partial charge is 0.338 e. The number of nitrogens with zero attached hydrogens (tertiary/aromatic N) is 1. The maximum absolute atomic E-state index is 12.3. The van der Waals surface area contributed by atoms with Crippen molar-refractivity contribution in [3.8, 4) is 0 Å². The molecular formula is C17H19N3O5S. The van der Waals surface area contributed by atoms with Gasteiger partial charge in [0.1, 0.15) is 11.4 Å². The number of ketones is 1. The summed E-state index contributed by atoms with van der Waals surface area (Å²) in [5.41, 5.74) is 4.12. The van der Waals surface area contributed by atoms with E-state index >= 15 is 0 Å². The normalized spacial score (nSPS) is 10.5. The van der Waals surface area contributed by atoms with Gasteiger partial charge >= 0.3 is 11.7 Å². The summed E-state index contributed by atoms with van der Waals surface area (Å²) in [6, 6.07) is 6.68. The van der Waals surface area contributed by atoms with Crippen LogP contribution in [0.15, 0.2) is 38.8 Å². The first kappa shape index (κ1) is 19.5. The number of Topliss-reactive ketones (excluding diaryl/α,β-unsaturated/α-hetero) is 1. The number of H-pyrrole nitrogens is 1. The highest BCUT2D eigenvalue weighted by Gasteiger charge is 2.20. The molecule has 2 aromatic rings. The molecule has 0 aliphatic heterocycles. The van der Waals surface area contributed by atoms with Crippen LogP contribution in [0.2, 0.25) is 0 Å². The molecule has 138 valence electrons. The number of benzene rings is 1. The van der Waals surface area contributed by atoms with Crippen LogP contribution in [0.25, 0.3) is 0 Å². The average molecular weight is 377 g/mol. The van der Waals surface area contributed by atoms with E-state index in [1.165, 1.54) is 11.8 Å². The van der Waals surface area contributed by atoms with Crippen LogP contribution in [0.3, 0.4) is 0 Å². The Morgan fingerprint density at radius 3 is 2.46 bits per heavy atom. The summed E-state index contributed by atoms with van der Waals surface area (Å²) in [5.74, 6) is -1.70. The van der Waals surface area contributed by atoms with Gasteiger partial charge in [-0.3, -0.25) is 19.1 Å². The van der Waals surface area contributed by atoms with E-state index in [-0.39, 0.29) is 23.5 Å². The summed E-state index contributed by atoms with van der Waals surface area (Å²) >= 11 is 1.53. The largest absolute Gasteiger partial charge is 0.454 e. The molecule has 26 heavy (non-hydrogen) atoms. The van der Waals surface area contributed by atoms with Crippen LogP contribution in [0.4, 0.5) is 5.82 Å². The Hall–Kier alpha value is -2.81. The second-order valence-corrected chi connectivity index (χ2v) is 6.28. The van der Waals surface area contributed by atoms with Gasteiger partial charge in [0, 0.05) is 11.4 Å². The number of nitrogens with one attached hydrogen (secondary N) is 1. The Morgan fingerprint density at radius 2 is 1.88 bits per heavy atom. The Labute approximate surface area is 153 Å². The number of nitrogens with two attached hydrogens (primary N) is 1. The molecule has 3 N–H and O–H groups in total. The molecule has 0 aliphatic carbocycles. The van der Waals surface area contributed by atoms with Gasteiger partial charge < -0.3 is 10.5 Å². The fourth-order valence-corrected chi connectivity index (χ4v) is 2.72. The molecule has 0 spiro atoms. The van der Waals surface area contributed by atoms with Gasteiger partial charge in [-0.25, -0.2) is 9.59 Å². The molecule has 0 atom stereocenters. The number of esters is 1. The van der Waals surface area contributed by atoms with E-state index < -0.39 is 29.6 Å². The van der Waals surface area contributed by atoms with Crippen LogP contribution in [0.5, 0.6) is 0 Å². The van der Waals surface area contributed by atoms with E-state index in [0.29, 0.717) is 6.42 Å². The van der Waals surface area contributed by atoms with Crippen molar-refractivity contribution in [2.45, 2.75) is 24.8 Å². The molecule has 0 fully saturated rings. The summed E-state index contributed by atoms with van der Waals surface area (Å²) in [5, 5.41) is 0. The standard InChI is InChI=1S/C17H19N3O5S/c1-3-8-20-14(18)13(15(22)19-17(20)24)12(21)9-25-16(23)10-4-6-11(26-2)7-5-10/h4-7H,3,8-9,18H2,1-2H3,(H,19,22,24). The molecule has 0 amide bonds. The number of ether oxygens (including phenoxy) is 1. The van der Waals surface area contributed by atoms with Gasteiger partial charge in [-0.15, -0.1) is 11.8 Å². The fourth-order valence-electron chi connectivity index (χ4n) is 2.32. The highest BCUT2D eigenvalue weighted by molar-refractivity contribution is 7.98. The maximum atomic E-state index is 12.3. The Kier molecular flexibility index (Phi) is 6.40. The van der Waals surface area contributed by atoms with Crippen LogP contribution in [0.1, 0.15) is 34.1 Å². The predicted octanol–water partition coefficient (Wildman–Crippen LogP) is 1.29. The summed E-state index contributed by atoms with van der Waals surface area (Å²) in [6.45, 7) is 1.42. The molecule has 1 heterocycles. The molecule has 0 aliphatic rings. The molecule has 0 bridgehead atoms. The molecule has 1 aromatic heterocycles. The summed E-state index contributed by atoms with van der Waals surface area (Å²) in [7, 11) is 0. The number of hydrogen-bond acceptors (Lipinski definition) is 7. The van der Waals surface area contributed by atoms with Crippen molar-refractivity contribution < 1.29 is 14.3 Å². The SMILES string of the molecule is CCCn1c(N)c(C(=O)COC(=O)c2ccc(SC)cc2)c(=O)[nH]c1=O. The number of aromatic nitrogens is 2. The Bertz CT molecular complexity index is 931. The molecule has 2 rings (SSSR count). The number of aromatic amines is 1. The van der Waals surface area contributed by atoms with Crippen molar-refractivity contribution in [3.63, 3.8) is 0 Å².